The average molecular weight is 170 g/mol. The minimum absolute atomic E-state index is 0.270. The minimum Gasteiger partial charge on any atom is -0.472 e. The Bertz CT molecular complexity index is 203. The third-order valence-electron chi connectivity index (χ3n) is 1.80. The van der Waals surface area contributed by atoms with Gasteiger partial charge in [0, 0.05) is 10.8 Å². The zero-order valence-electron chi connectivity index (χ0n) is 7.16. The van der Waals surface area contributed by atoms with E-state index in [1.54, 1.807) is 6.26 Å². The third kappa shape index (κ3) is 1.80. The Balaban J connectivity index is 2.96. The molecule has 0 fully saturated rings. The van der Waals surface area contributed by atoms with Crippen molar-refractivity contribution in [2.24, 2.45) is 0 Å². The number of furan rings is 1. The van der Waals surface area contributed by atoms with Gasteiger partial charge in [0.2, 0.25) is 0 Å². The van der Waals surface area contributed by atoms with Gasteiger partial charge in [-0.3, -0.25) is 0 Å². The lowest BCUT2D eigenvalue weighted by Crippen LogP contribution is -1.91. The van der Waals surface area contributed by atoms with Crippen LogP contribution in [0.2, 0.25) is 0 Å². The van der Waals surface area contributed by atoms with Crippen LogP contribution in [0, 0.1) is 0 Å². The minimum atomic E-state index is 0.270. The maximum absolute atomic E-state index is 5.12. The van der Waals surface area contributed by atoms with Crippen LogP contribution in [0.1, 0.15) is 43.1 Å². The van der Waals surface area contributed by atoms with E-state index in [2.05, 4.69) is 33.4 Å². The molecule has 62 valence electrons. The molecule has 0 aliphatic heterocycles. The summed E-state index contributed by atoms with van der Waals surface area (Å²) in [6.45, 7) is 6.37. The van der Waals surface area contributed by atoms with Crippen LogP contribution in [0.15, 0.2) is 16.9 Å². The molecule has 1 aromatic rings. The predicted octanol–water partition coefficient (Wildman–Crippen LogP) is 3.39. The molecule has 2 heteroatoms. The van der Waals surface area contributed by atoms with Crippen molar-refractivity contribution in [1.29, 1.82) is 0 Å². The molecular formula is C9H14OS. The topological polar surface area (TPSA) is 13.1 Å². The molecule has 0 N–H and O–H groups in total. The lowest BCUT2D eigenvalue weighted by atomic mass is 10.0. The van der Waals surface area contributed by atoms with E-state index in [-0.39, 0.29) is 5.25 Å². The maximum Gasteiger partial charge on any atom is 0.0948 e. The van der Waals surface area contributed by atoms with Crippen molar-refractivity contribution in [1.82, 2.24) is 0 Å². The largest absolute Gasteiger partial charge is 0.472 e. The molecule has 0 aliphatic rings. The van der Waals surface area contributed by atoms with Crippen LogP contribution in [-0.4, -0.2) is 0 Å². The highest BCUT2D eigenvalue weighted by Crippen LogP contribution is 2.28. The molecule has 1 atom stereocenters. The van der Waals surface area contributed by atoms with Gasteiger partial charge in [-0.15, -0.1) is 0 Å². The lowest BCUT2D eigenvalue weighted by Gasteiger charge is -2.07. The molecule has 0 spiro atoms. The van der Waals surface area contributed by atoms with Crippen LogP contribution >= 0.6 is 12.6 Å². The van der Waals surface area contributed by atoms with Crippen LogP contribution in [0.4, 0.5) is 0 Å². The van der Waals surface area contributed by atoms with E-state index < -0.39 is 0 Å². The summed E-state index contributed by atoms with van der Waals surface area (Å²) < 4.78 is 5.12. The van der Waals surface area contributed by atoms with Gasteiger partial charge in [0.25, 0.3) is 0 Å². The van der Waals surface area contributed by atoms with Crippen LogP contribution < -0.4 is 0 Å². The SMILES string of the molecule is CC(C)c1cocc1C(C)S. The van der Waals surface area contributed by atoms with E-state index >= 15 is 0 Å². The normalized spacial score (nSPS) is 13.9. The Hall–Kier alpha value is -0.370. The van der Waals surface area contributed by atoms with Crippen molar-refractivity contribution in [3.8, 4) is 0 Å². The fraction of sp³-hybridized carbons (Fsp3) is 0.556. The molecule has 0 radical (unpaired) electrons. The first kappa shape index (κ1) is 8.72. The van der Waals surface area contributed by atoms with Crippen molar-refractivity contribution >= 4 is 12.6 Å². The van der Waals surface area contributed by atoms with Crippen molar-refractivity contribution in [3.63, 3.8) is 0 Å². The van der Waals surface area contributed by atoms with E-state index in [0.29, 0.717) is 5.92 Å². The molecule has 0 aliphatic carbocycles. The molecule has 1 nitrogen and oxygen atoms in total. The van der Waals surface area contributed by atoms with Crippen LogP contribution in [0.3, 0.4) is 0 Å². The summed E-state index contributed by atoms with van der Waals surface area (Å²) in [5, 5.41) is 0.270. The van der Waals surface area contributed by atoms with Gasteiger partial charge in [-0.25, -0.2) is 0 Å². The maximum atomic E-state index is 5.12. The average Bonchev–Trinajstić information content (AvgIpc) is 2.32. The van der Waals surface area contributed by atoms with Gasteiger partial charge in [0.1, 0.15) is 0 Å². The molecule has 0 saturated heterocycles. The Kier molecular flexibility index (Phi) is 2.66. The fourth-order valence-corrected chi connectivity index (χ4v) is 1.34. The first-order valence-corrected chi connectivity index (χ1v) is 4.38. The van der Waals surface area contributed by atoms with E-state index in [9.17, 15) is 0 Å². The second-order valence-electron chi connectivity index (χ2n) is 3.11. The van der Waals surface area contributed by atoms with Gasteiger partial charge in [0.05, 0.1) is 12.5 Å². The van der Waals surface area contributed by atoms with Crippen molar-refractivity contribution < 1.29 is 4.42 Å². The van der Waals surface area contributed by atoms with Crippen molar-refractivity contribution in [2.75, 3.05) is 0 Å². The first-order valence-electron chi connectivity index (χ1n) is 3.87. The Morgan fingerprint density at radius 1 is 1.18 bits per heavy atom. The molecule has 1 aromatic heterocycles. The highest BCUT2D eigenvalue weighted by atomic mass is 32.1. The summed E-state index contributed by atoms with van der Waals surface area (Å²) in [5.41, 5.74) is 2.48. The first-order chi connectivity index (χ1) is 5.13. The molecule has 1 rings (SSSR count). The molecule has 11 heavy (non-hydrogen) atoms. The molecule has 0 aromatic carbocycles. The van der Waals surface area contributed by atoms with E-state index in [4.69, 9.17) is 4.42 Å². The summed E-state index contributed by atoms with van der Waals surface area (Å²) in [6.07, 6.45) is 3.60. The van der Waals surface area contributed by atoms with Gasteiger partial charge in [-0.2, -0.15) is 12.6 Å². The lowest BCUT2D eigenvalue weighted by molar-refractivity contribution is 0.559. The molecule has 0 amide bonds. The van der Waals surface area contributed by atoms with Crippen LogP contribution in [-0.2, 0) is 0 Å². The number of thiol groups is 1. The smallest absolute Gasteiger partial charge is 0.0948 e. The number of hydrogen-bond acceptors (Lipinski definition) is 2. The Morgan fingerprint density at radius 2 is 1.73 bits per heavy atom. The Labute approximate surface area is 73.2 Å². The quantitative estimate of drug-likeness (QED) is 0.671. The highest BCUT2D eigenvalue weighted by Gasteiger charge is 2.11. The van der Waals surface area contributed by atoms with E-state index in [1.807, 2.05) is 6.26 Å². The molecule has 1 heterocycles. The van der Waals surface area contributed by atoms with Gasteiger partial charge < -0.3 is 4.42 Å². The summed E-state index contributed by atoms with van der Waals surface area (Å²) in [6, 6.07) is 0. The van der Waals surface area contributed by atoms with Crippen molar-refractivity contribution in [3.05, 3.63) is 23.7 Å². The molecule has 0 bridgehead atoms. The second-order valence-corrected chi connectivity index (χ2v) is 3.89. The standard InChI is InChI=1S/C9H14OS/c1-6(2)8-4-10-5-9(8)7(3)11/h4-7,11H,1-3H3. The Morgan fingerprint density at radius 3 is 2.09 bits per heavy atom. The second kappa shape index (κ2) is 3.35. The summed E-state index contributed by atoms with van der Waals surface area (Å²) in [4.78, 5) is 0. The summed E-state index contributed by atoms with van der Waals surface area (Å²) in [7, 11) is 0. The van der Waals surface area contributed by atoms with Gasteiger partial charge >= 0.3 is 0 Å². The molecular weight excluding hydrogens is 156 g/mol. The van der Waals surface area contributed by atoms with E-state index in [1.165, 1.54) is 11.1 Å². The van der Waals surface area contributed by atoms with Crippen LogP contribution in [0.25, 0.3) is 0 Å². The number of rotatable bonds is 2. The number of hydrogen-bond donors (Lipinski definition) is 1. The van der Waals surface area contributed by atoms with Gasteiger partial charge in [0.15, 0.2) is 0 Å². The predicted molar refractivity (Wildman–Crippen MR) is 50.2 cm³/mol. The zero-order valence-corrected chi connectivity index (χ0v) is 8.06. The molecule has 1 unspecified atom stereocenters. The van der Waals surface area contributed by atoms with Gasteiger partial charge in [-0.1, -0.05) is 13.8 Å². The monoisotopic (exact) mass is 170 g/mol. The highest BCUT2D eigenvalue weighted by molar-refractivity contribution is 7.80. The zero-order chi connectivity index (χ0) is 8.43. The van der Waals surface area contributed by atoms with E-state index in [0.717, 1.165) is 0 Å². The van der Waals surface area contributed by atoms with Crippen molar-refractivity contribution in [2.45, 2.75) is 31.9 Å². The van der Waals surface area contributed by atoms with Crippen LogP contribution in [0.5, 0.6) is 0 Å². The third-order valence-corrected chi connectivity index (χ3v) is 2.07. The summed E-state index contributed by atoms with van der Waals surface area (Å²) in [5.74, 6) is 0.526. The summed E-state index contributed by atoms with van der Waals surface area (Å²) >= 11 is 4.36. The fourth-order valence-electron chi connectivity index (χ4n) is 1.13. The molecule has 0 saturated carbocycles. The van der Waals surface area contributed by atoms with Gasteiger partial charge in [-0.05, 0) is 18.4 Å².